The maximum Gasteiger partial charge on any atom is 0.122 e. The number of rotatable bonds is 5. The van der Waals surface area contributed by atoms with Crippen LogP contribution in [0.1, 0.15) is 30.9 Å². The predicted molar refractivity (Wildman–Crippen MR) is 76.3 cm³/mol. The SMILES string of the molecule is CCNCC1(c2ccc(C)c(OC)c2)CC=CC1. The van der Waals surface area contributed by atoms with Gasteiger partial charge in [0, 0.05) is 12.0 Å². The molecule has 0 fully saturated rings. The van der Waals surface area contributed by atoms with Crippen molar-refractivity contribution in [2.75, 3.05) is 20.2 Å². The standard InChI is InChI=1S/C16H23NO/c1-4-17-12-16(9-5-6-10-16)14-8-7-13(2)15(11-14)18-3/h5-8,11,17H,4,9-10,12H2,1-3H3. The Morgan fingerprint density at radius 2 is 2.00 bits per heavy atom. The quantitative estimate of drug-likeness (QED) is 0.804. The first-order chi connectivity index (χ1) is 8.72. The Kier molecular flexibility index (Phi) is 4.07. The summed E-state index contributed by atoms with van der Waals surface area (Å²) >= 11 is 0. The summed E-state index contributed by atoms with van der Waals surface area (Å²) in [5, 5.41) is 3.50. The van der Waals surface area contributed by atoms with Gasteiger partial charge in [-0.2, -0.15) is 0 Å². The highest BCUT2D eigenvalue weighted by Crippen LogP contribution is 2.38. The Balaban J connectivity index is 2.31. The van der Waals surface area contributed by atoms with E-state index in [0.717, 1.165) is 31.7 Å². The van der Waals surface area contributed by atoms with Crippen LogP contribution in [0, 0.1) is 6.92 Å². The number of aryl methyl sites for hydroxylation is 1. The van der Waals surface area contributed by atoms with Gasteiger partial charge in [0.2, 0.25) is 0 Å². The Bertz CT molecular complexity index is 429. The normalized spacial score (nSPS) is 17.1. The zero-order valence-corrected chi connectivity index (χ0v) is 11.6. The first-order valence-electron chi connectivity index (χ1n) is 6.73. The predicted octanol–water partition coefficient (Wildman–Crippen LogP) is 3.20. The van der Waals surface area contributed by atoms with Crippen molar-refractivity contribution in [3.05, 3.63) is 41.5 Å². The number of methoxy groups -OCH3 is 1. The van der Waals surface area contributed by atoms with E-state index in [9.17, 15) is 0 Å². The summed E-state index contributed by atoms with van der Waals surface area (Å²) in [7, 11) is 1.75. The van der Waals surface area contributed by atoms with Gasteiger partial charge in [-0.3, -0.25) is 0 Å². The molecule has 1 aliphatic rings. The molecular formula is C16H23NO. The van der Waals surface area contributed by atoms with Crippen LogP contribution in [0.15, 0.2) is 30.4 Å². The number of nitrogens with one attached hydrogen (secondary N) is 1. The summed E-state index contributed by atoms with van der Waals surface area (Å²) in [4.78, 5) is 0. The summed E-state index contributed by atoms with van der Waals surface area (Å²) < 4.78 is 5.45. The van der Waals surface area contributed by atoms with Crippen LogP contribution in [0.5, 0.6) is 5.75 Å². The molecule has 2 rings (SSSR count). The molecule has 1 aromatic rings. The maximum absolute atomic E-state index is 5.45. The zero-order valence-electron chi connectivity index (χ0n) is 11.6. The van der Waals surface area contributed by atoms with E-state index in [0.29, 0.717) is 0 Å². The van der Waals surface area contributed by atoms with Crippen molar-refractivity contribution < 1.29 is 4.74 Å². The summed E-state index contributed by atoms with van der Waals surface area (Å²) in [6.45, 7) is 6.30. The van der Waals surface area contributed by atoms with Gasteiger partial charge in [0.25, 0.3) is 0 Å². The van der Waals surface area contributed by atoms with Crippen molar-refractivity contribution in [1.29, 1.82) is 0 Å². The van der Waals surface area contributed by atoms with Crippen LogP contribution in [-0.4, -0.2) is 20.2 Å². The van der Waals surface area contributed by atoms with Gasteiger partial charge in [-0.25, -0.2) is 0 Å². The molecule has 18 heavy (non-hydrogen) atoms. The summed E-state index contributed by atoms with van der Waals surface area (Å²) in [5.74, 6) is 0.996. The van der Waals surface area contributed by atoms with E-state index < -0.39 is 0 Å². The second-order valence-electron chi connectivity index (χ2n) is 5.12. The Labute approximate surface area is 110 Å². The molecule has 0 saturated carbocycles. The van der Waals surface area contributed by atoms with Crippen LogP contribution in [0.2, 0.25) is 0 Å². The number of hydrogen-bond acceptors (Lipinski definition) is 2. The number of allylic oxidation sites excluding steroid dienone is 2. The first-order valence-corrected chi connectivity index (χ1v) is 6.73. The molecule has 0 spiro atoms. The molecule has 0 radical (unpaired) electrons. The summed E-state index contributed by atoms with van der Waals surface area (Å²) in [5.41, 5.74) is 2.80. The molecule has 0 saturated heterocycles. The number of benzene rings is 1. The zero-order chi connectivity index (χ0) is 13.0. The molecule has 1 aromatic carbocycles. The van der Waals surface area contributed by atoms with E-state index in [1.54, 1.807) is 7.11 Å². The lowest BCUT2D eigenvalue weighted by Crippen LogP contribution is -2.36. The molecule has 2 nitrogen and oxygen atoms in total. The second kappa shape index (κ2) is 5.57. The fourth-order valence-electron chi connectivity index (χ4n) is 2.70. The third-order valence-electron chi connectivity index (χ3n) is 3.92. The van der Waals surface area contributed by atoms with E-state index in [1.165, 1.54) is 11.1 Å². The minimum absolute atomic E-state index is 0.219. The number of hydrogen-bond donors (Lipinski definition) is 1. The van der Waals surface area contributed by atoms with Crippen LogP contribution in [-0.2, 0) is 5.41 Å². The molecule has 0 atom stereocenters. The van der Waals surface area contributed by atoms with Gasteiger partial charge >= 0.3 is 0 Å². The van der Waals surface area contributed by atoms with Gasteiger partial charge in [-0.15, -0.1) is 0 Å². The highest BCUT2D eigenvalue weighted by Gasteiger charge is 2.32. The fraction of sp³-hybridized carbons (Fsp3) is 0.500. The highest BCUT2D eigenvalue weighted by atomic mass is 16.5. The molecule has 1 N–H and O–H groups in total. The Hall–Kier alpha value is -1.28. The van der Waals surface area contributed by atoms with Gasteiger partial charge in [0.1, 0.15) is 5.75 Å². The molecule has 0 amide bonds. The minimum Gasteiger partial charge on any atom is -0.496 e. The van der Waals surface area contributed by atoms with Crippen LogP contribution in [0.25, 0.3) is 0 Å². The topological polar surface area (TPSA) is 21.3 Å². The lowest BCUT2D eigenvalue weighted by molar-refractivity contribution is 0.400. The van der Waals surface area contributed by atoms with E-state index in [1.807, 2.05) is 0 Å². The van der Waals surface area contributed by atoms with Crippen molar-refractivity contribution in [2.24, 2.45) is 0 Å². The van der Waals surface area contributed by atoms with E-state index in [4.69, 9.17) is 4.74 Å². The van der Waals surface area contributed by atoms with Crippen LogP contribution >= 0.6 is 0 Å². The van der Waals surface area contributed by atoms with Gasteiger partial charge in [0.15, 0.2) is 0 Å². The lowest BCUT2D eigenvalue weighted by atomic mass is 9.77. The molecule has 0 aromatic heterocycles. The third kappa shape index (κ3) is 2.44. The number of ether oxygens (including phenoxy) is 1. The van der Waals surface area contributed by atoms with Crippen LogP contribution < -0.4 is 10.1 Å². The highest BCUT2D eigenvalue weighted by molar-refractivity contribution is 5.41. The molecule has 0 heterocycles. The summed E-state index contributed by atoms with van der Waals surface area (Å²) in [6, 6.07) is 6.63. The van der Waals surface area contributed by atoms with E-state index >= 15 is 0 Å². The monoisotopic (exact) mass is 245 g/mol. The lowest BCUT2D eigenvalue weighted by Gasteiger charge is -2.30. The Morgan fingerprint density at radius 1 is 1.28 bits per heavy atom. The van der Waals surface area contributed by atoms with Gasteiger partial charge in [-0.1, -0.05) is 31.2 Å². The third-order valence-corrected chi connectivity index (χ3v) is 3.92. The minimum atomic E-state index is 0.219. The average molecular weight is 245 g/mol. The van der Waals surface area contributed by atoms with E-state index in [2.05, 4.69) is 49.5 Å². The van der Waals surface area contributed by atoms with Crippen molar-refractivity contribution >= 4 is 0 Å². The molecule has 1 aliphatic carbocycles. The van der Waals surface area contributed by atoms with Crippen molar-refractivity contribution in [1.82, 2.24) is 5.32 Å². The van der Waals surface area contributed by atoms with Gasteiger partial charge in [0.05, 0.1) is 7.11 Å². The first kappa shape index (κ1) is 13.2. The van der Waals surface area contributed by atoms with Crippen molar-refractivity contribution in [3.8, 4) is 5.75 Å². The van der Waals surface area contributed by atoms with Gasteiger partial charge in [-0.05, 0) is 43.5 Å². The average Bonchev–Trinajstić information content (AvgIpc) is 2.87. The molecule has 2 heteroatoms. The second-order valence-corrected chi connectivity index (χ2v) is 5.12. The van der Waals surface area contributed by atoms with E-state index in [-0.39, 0.29) is 5.41 Å². The summed E-state index contributed by atoms with van der Waals surface area (Å²) in [6.07, 6.45) is 6.83. The molecular weight excluding hydrogens is 222 g/mol. The van der Waals surface area contributed by atoms with Crippen LogP contribution in [0.4, 0.5) is 0 Å². The van der Waals surface area contributed by atoms with Gasteiger partial charge < -0.3 is 10.1 Å². The van der Waals surface area contributed by atoms with Crippen molar-refractivity contribution in [3.63, 3.8) is 0 Å². The number of likely N-dealkylation sites (N-methyl/N-ethyl adjacent to an activating group) is 1. The largest absolute Gasteiger partial charge is 0.496 e. The smallest absolute Gasteiger partial charge is 0.122 e. The molecule has 0 unspecified atom stereocenters. The molecule has 0 aliphatic heterocycles. The molecule has 98 valence electrons. The van der Waals surface area contributed by atoms with Crippen LogP contribution in [0.3, 0.4) is 0 Å². The van der Waals surface area contributed by atoms with Crippen molar-refractivity contribution in [2.45, 2.75) is 32.1 Å². The fourth-order valence-corrected chi connectivity index (χ4v) is 2.70. The maximum atomic E-state index is 5.45. The molecule has 0 bridgehead atoms. The Morgan fingerprint density at radius 3 is 2.61 bits per heavy atom.